The molecule has 0 radical (unpaired) electrons. The first-order valence-corrected chi connectivity index (χ1v) is 6.82. The van der Waals surface area contributed by atoms with E-state index < -0.39 is 5.85 Å². The molecule has 0 saturated carbocycles. The Bertz CT molecular complexity index is 184. The van der Waals surface area contributed by atoms with Crippen molar-refractivity contribution in [2.45, 2.75) is 92.3 Å². The Morgan fingerprint density at radius 1 is 0.647 bits per heavy atom. The molecular weight excluding hydrogens is 212 g/mol. The fraction of sp³-hybridized carbons (Fsp3) is 1.00. The maximum atomic E-state index is 11.0. The molecule has 0 saturated heterocycles. The van der Waals surface area contributed by atoms with Crippen molar-refractivity contribution in [2.24, 2.45) is 0 Å². The van der Waals surface area contributed by atoms with Gasteiger partial charge in [-0.2, -0.15) is 0 Å². The second-order valence-corrected chi connectivity index (χ2v) is 6.16. The first-order chi connectivity index (χ1) is 7.53. The lowest BCUT2D eigenvalue weighted by atomic mass is 10.1. The average molecular weight is 244 g/mol. The summed E-state index contributed by atoms with van der Waals surface area (Å²) in [5.41, 5.74) is 0. The SMILES string of the molecule is CC(C)N(C(C)C)C(C)(O)N(C(C)C)C(C)C. The Morgan fingerprint density at radius 3 is 0.941 bits per heavy atom. The first-order valence-electron chi connectivity index (χ1n) is 6.82. The van der Waals surface area contributed by atoms with E-state index in [-0.39, 0.29) is 0 Å². The Hall–Kier alpha value is -0.120. The van der Waals surface area contributed by atoms with Crippen LogP contribution in [-0.4, -0.2) is 44.9 Å². The highest BCUT2D eigenvalue weighted by Crippen LogP contribution is 2.27. The summed E-state index contributed by atoms with van der Waals surface area (Å²) >= 11 is 0. The molecule has 0 rings (SSSR count). The summed E-state index contributed by atoms with van der Waals surface area (Å²) in [6.45, 7) is 19.0. The lowest BCUT2D eigenvalue weighted by molar-refractivity contribution is -0.243. The minimum absolute atomic E-state index is 0.310. The van der Waals surface area contributed by atoms with E-state index in [4.69, 9.17) is 0 Å². The predicted molar refractivity (Wildman–Crippen MR) is 74.8 cm³/mol. The van der Waals surface area contributed by atoms with Gasteiger partial charge >= 0.3 is 0 Å². The largest absolute Gasteiger partial charge is 0.363 e. The molecule has 0 atom stereocenters. The van der Waals surface area contributed by atoms with Gasteiger partial charge in [-0.3, -0.25) is 9.80 Å². The van der Waals surface area contributed by atoms with E-state index >= 15 is 0 Å². The molecule has 0 aliphatic rings. The first kappa shape index (κ1) is 16.9. The van der Waals surface area contributed by atoms with Gasteiger partial charge in [0.15, 0.2) is 5.85 Å². The van der Waals surface area contributed by atoms with Crippen LogP contribution in [0.4, 0.5) is 0 Å². The Balaban J connectivity index is 5.30. The summed E-state index contributed by atoms with van der Waals surface area (Å²) in [7, 11) is 0. The molecule has 3 heteroatoms. The Kier molecular flexibility index (Phi) is 6.12. The van der Waals surface area contributed by atoms with E-state index in [0.717, 1.165) is 0 Å². The zero-order chi connectivity index (χ0) is 14.0. The molecule has 0 aromatic carbocycles. The van der Waals surface area contributed by atoms with Crippen LogP contribution in [0.25, 0.3) is 0 Å². The second kappa shape index (κ2) is 6.17. The maximum absolute atomic E-state index is 11.0. The van der Waals surface area contributed by atoms with Crippen LogP contribution >= 0.6 is 0 Å². The number of hydrogen-bond acceptors (Lipinski definition) is 3. The topological polar surface area (TPSA) is 26.7 Å². The lowest BCUT2D eigenvalue weighted by Crippen LogP contribution is -2.66. The average Bonchev–Trinajstić information content (AvgIpc) is 1.96. The van der Waals surface area contributed by atoms with Gasteiger partial charge in [0.1, 0.15) is 0 Å². The predicted octanol–water partition coefficient (Wildman–Crippen LogP) is 2.89. The molecule has 0 spiro atoms. The monoisotopic (exact) mass is 244 g/mol. The molecule has 104 valence electrons. The summed E-state index contributed by atoms with van der Waals surface area (Å²) in [5.74, 6) is -0.912. The van der Waals surface area contributed by atoms with Crippen molar-refractivity contribution in [1.82, 2.24) is 9.80 Å². The van der Waals surface area contributed by atoms with Gasteiger partial charge in [-0.05, 0) is 62.3 Å². The number of hydrogen-bond donors (Lipinski definition) is 1. The van der Waals surface area contributed by atoms with Crippen molar-refractivity contribution in [1.29, 1.82) is 0 Å². The molecule has 0 aromatic heterocycles. The van der Waals surface area contributed by atoms with Gasteiger partial charge in [-0.1, -0.05) is 0 Å². The molecule has 17 heavy (non-hydrogen) atoms. The van der Waals surface area contributed by atoms with Gasteiger partial charge in [-0.25, -0.2) is 0 Å². The van der Waals surface area contributed by atoms with E-state index in [2.05, 4.69) is 65.2 Å². The van der Waals surface area contributed by atoms with E-state index in [1.807, 2.05) is 6.92 Å². The molecule has 1 N–H and O–H groups in total. The van der Waals surface area contributed by atoms with Crippen LogP contribution in [0.5, 0.6) is 0 Å². The summed E-state index contributed by atoms with van der Waals surface area (Å²) < 4.78 is 0. The van der Waals surface area contributed by atoms with Crippen molar-refractivity contribution in [3.63, 3.8) is 0 Å². The van der Waals surface area contributed by atoms with Gasteiger partial charge < -0.3 is 5.11 Å². The smallest absolute Gasteiger partial charge is 0.174 e. The molecular formula is C14H32N2O. The summed E-state index contributed by atoms with van der Waals surface area (Å²) in [6, 6.07) is 1.24. The third-order valence-electron chi connectivity index (χ3n) is 3.20. The van der Waals surface area contributed by atoms with Gasteiger partial charge in [0.05, 0.1) is 0 Å². The van der Waals surface area contributed by atoms with Crippen LogP contribution < -0.4 is 0 Å². The zero-order valence-electron chi connectivity index (χ0n) is 13.2. The van der Waals surface area contributed by atoms with Crippen LogP contribution in [0.2, 0.25) is 0 Å². The van der Waals surface area contributed by atoms with Crippen LogP contribution in [0.3, 0.4) is 0 Å². The summed E-state index contributed by atoms with van der Waals surface area (Å²) in [5, 5.41) is 11.0. The third kappa shape index (κ3) is 3.94. The molecule has 3 nitrogen and oxygen atoms in total. The molecule has 0 amide bonds. The van der Waals surface area contributed by atoms with Crippen LogP contribution in [-0.2, 0) is 0 Å². The highest BCUT2D eigenvalue weighted by Gasteiger charge is 2.41. The van der Waals surface area contributed by atoms with Crippen molar-refractivity contribution < 1.29 is 5.11 Å². The standard InChI is InChI=1S/C14H32N2O/c1-10(2)15(11(3)4)14(9,17)16(12(5)6)13(7)8/h10-13,17H,1-9H3. The molecule has 0 heterocycles. The summed E-state index contributed by atoms with van der Waals surface area (Å²) in [4.78, 5) is 4.32. The molecule has 0 fully saturated rings. The highest BCUT2D eigenvalue weighted by atomic mass is 16.3. The molecule has 0 bridgehead atoms. The second-order valence-electron chi connectivity index (χ2n) is 6.16. The van der Waals surface area contributed by atoms with Gasteiger partial charge in [0.2, 0.25) is 0 Å². The molecule has 0 unspecified atom stereocenters. The quantitative estimate of drug-likeness (QED) is 0.728. The molecule has 0 aromatic rings. The number of rotatable bonds is 6. The van der Waals surface area contributed by atoms with Crippen LogP contribution in [0, 0.1) is 0 Å². The molecule has 0 aliphatic heterocycles. The normalized spacial score (nSPS) is 14.1. The third-order valence-corrected chi connectivity index (χ3v) is 3.20. The Labute approximate surface area is 108 Å². The molecule has 0 aliphatic carbocycles. The summed E-state index contributed by atoms with van der Waals surface area (Å²) in [6.07, 6.45) is 0. The zero-order valence-corrected chi connectivity index (χ0v) is 13.2. The van der Waals surface area contributed by atoms with Gasteiger partial charge in [0.25, 0.3) is 0 Å². The van der Waals surface area contributed by atoms with Crippen molar-refractivity contribution in [2.75, 3.05) is 0 Å². The minimum Gasteiger partial charge on any atom is -0.363 e. The van der Waals surface area contributed by atoms with Gasteiger partial charge in [0, 0.05) is 24.2 Å². The van der Waals surface area contributed by atoms with Crippen molar-refractivity contribution in [3.8, 4) is 0 Å². The minimum atomic E-state index is -0.912. The highest BCUT2D eigenvalue weighted by molar-refractivity contribution is 4.85. The fourth-order valence-electron chi connectivity index (χ4n) is 3.28. The van der Waals surface area contributed by atoms with Crippen LogP contribution in [0.1, 0.15) is 62.3 Å². The van der Waals surface area contributed by atoms with Crippen LogP contribution in [0.15, 0.2) is 0 Å². The van der Waals surface area contributed by atoms with E-state index in [1.54, 1.807) is 0 Å². The fourth-order valence-corrected chi connectivity index (χ4v) is 3.28. The Morgan fingerprint density at radius 2 is 0.824 bits per heavy atom. The van der Waals surface area contributed by atoms with Crippen molar-refractivity contribution in [3.05, 3.63) is 0 Å². The van der Waals surface area contributed by atoms with Gasteiger partial charge in [-0.15, -0.1) is 0 Å². The van der Waals surface area contributed by atoms with E-state index in [0.29, 0.717) is 24.2 Å². The lowest BCUT2D eigenvalue weighted by Gasteiger charge is -2.52. The van der Waals surface area contributed by atoms with E-state index in [9.17, 15) is 5.11 Å². The van der Waals surface area contributed by atoms with E-state index in [1.165, 1.54) is 0 Å². The van der Waals surface area contributed by atoms with Crippen molar-refractivity contribution >= 4 is 0 Å². The number of nitrogens with zero attached hydrogens (tertiary/aromatic N) is 2. The number of aliphatic hydroxyl groups is 1. The maximum Gasteiger partial charge on any atom is 0.174 e.